The SMILES string of the molecule is Nc1cc(F)c(Br)cc1S(=O)(=O)NCc1ncn[nH]1. The van der Waals surface area contributed by atoms with Crippen LogP contribution in [0.2, 0.25) is 0 Å². The quantitative estimate of drug-likeness (QED) is 0.705. The van der Waals surface area contributed by atoms with E-state index >= 15 is 0 Å². The summed E-state index contributed by atoms with van der Waals surface area (Å²) in [4.78, 5) is 3.56. The van der Waals surface area contributed by atoms with Gasteiger partial charge in [0.2, 0.25) is 10.0 Å². The van der Waals surface area contributed by atoms with Crippen molar-refractivity contribution in [2.45, 2.75) is 11.4 Å². The van der Waals surface area contributed by atoms with E-state index < -0.39 is 15.8 Å². The van der Waals surface area contributed by atoms with Crippen molar-refractivity contribution >= 4 is 31.6 Å². The monoisotopic (exact) mass is 349 g/mol. The fourth-order valence-corrected chi connectivity index (χ4v) is 2.95. The molecule has 2 aromatic rings. The highest BCUT2D eigenvalue weighted by atomic mass is 79.9. The second-order valence-electron chi connectivity index (χ2n) is 3.56. The number of nitrogens with zero attached hydrogens (tertiary/aromatic N) is 2. The Labute approximate surface area is 116 Å². The summed E-state index contributed by atoms with van der Waals surface area (Å²) in [5.74, 6) is -0.282. The number of aromatic amines is 1. The summed E-state index contributed by atoms with van der Waals surface area (Å²) in [5.41, 5.74) is 5.33. The van der Waals surface area contributed by atoms with Crippen molar-refractivity contribution in [2.75, 3.05) is 5.73 Å². The van der Waals surface area contributed by atoms with Crippen molar-refractivity contribution in [3.05, 3.63) is 34.6 Å². The first-order chi connectivity index (χ1) is 8.90. The molecule has 102 valence electrons. The summed E-state index contributed by atoms with van der Waals surface area (Å²) in [7, 11) is -3.87. The first-order valence-electron chi connectivity index (χ1n) is 4.98. The number of nitrogen functional groups attached to an aromatic ring is 1. The van der Waals surface area contributed by atoms with Crippen LogP contribution in [0.5, 0.6) is 0 Å². The highest BCUT2D eigenvalue weighted by molar-refractivity contribution is 9.10. The van der Waals surface area contributed by atoms with Crippen LogP contribution in [0.4, 0.5) is 10.1 Å². The van der Waals surface area contributed by atoms with Crippen molar-refractivity contribution in [3.8, 4) is 0 Å². The number of benzene rings is 1. The van der Waals surface area contributed by atoms with Gasteiger partial charge < -0.3 is 5.73 Å². The normalized spacial score (nSPS) is 11.7. The van der Waals surface area contributed by atoms with E-state index in [0.29, 0.717) is 5.82 Å². The molecule has 1 aromatic carbocycles. The highest BCUT2D eigenvalue weighted by Crippen LogP contribution is 2.26. The summed E-state index contributed by atoms with van der Waals surface area (Å²) in [6.07, 6.45) is 1.26. The van der Waals surface area contributed by atoms with Crippen molar-refractivity contribution in [2.24, 2.45) is 0 Å². The van der Waals surface area contributed by atoms with Gasteiger partial charge >= 0.3 is 0 Å². The average Bonchev–Trinajstić information content (AvgIpc) is 2.84. The van der Waals surface area contributed by atoms with Crippen LogP contribution in [-0.2, 0) is 16.6 Å². The van der Waals surface area contributed by atoms with Crippen LogP contribution in [0.3, 0.4) is 0 Å². The number of anilines is 1. The van der Waals surface area contributed by atoms with Gasteiger partial charge in [-0.15, -0.1) is 0 Å². The van der Waals surface area contributed by atoms with E-state index in [9.17, 15) is 12.8 Å². The van der Waals surface area contributed by atoms with Crippen LogP contribution in [0.25, 0.3) is 0 Å². The summed E-state index contributed by atoms with van der Waals surface area (Å²) < 4.78 is 39.5. The van der Waals surface area contributed by atoms with E-state index in [2.05, 4.69) is 35.8 Å². The van der Waals surface area contributed by atoms with Crippen LogP contribution >= 0.6 is 15.9 Å². The lowest BCUT2D eigenvalue weighted by Crippen LogP contribution is -2.24. The maximum Gasteiger partial charge on any atom is 0.243 e. The zero-order valence-corrected chi connectivity index (χ0v) is 11.8. The Morgan fingerprint density at radius 3 is 2.84 bits per heavy atom. The third-order valence-electron chi connectivity index (χ3n) is 2.24. The average molecular weight is 350 g/mol. The molecule has 0 radical (unpaired) electrons. The van der Waals surface area contributed by atoms with Crippen LogP contribution in [0.1, 0.15) is 5.82 Å². The van der Waals surface area contributed by atoms with E-state index in [0.717, 1.165) is 12.1 Å². The Kier molecular flexibility index (Phi) is 3.83. The molecule has 0 aliphatic rings. The number of nitrogens with two attached hydrogens (primary N) is 1. The van der Waals surface area contributed by atoms with Gasteiger partial charge in [0.25, 0.3) is 0 Å². The number of hydrogen-bond acceptors (Lipinski definition) is 5. The van der Waals surface area contributed by atoms with Crippen molar-refractivity contribution in [1.82, 2.24) is 19.9 Å². The van der Waals surface area contributed by atoms with Crippen molar-refractivity contribution < 1.29 is 12.8 Å². The highest BCUT2D eigenvalue weighted by Gasteiger charge is 2.19. The molecule has 4 N–H and O–H groups in total. The predicted octanol–water partition coefficient (Wildman–Crippen LogP) is 0.767. The van der Waals surface area contributed by atoms with Crippen LogP contribution in [0.15, 0.2) is 27.8 Å². The van der Waals surface area contributed by atoms with Crippen LogP contribution in [-0.4, -0.2) is 23.6 Å². The number of nitrogens with one attached hydrogen (secondary N) is 2. The molecular formula is C9H9BrFN5O2S. The van der Waals surface area contributed by atoms with Crippen molar-refractivity contribution in [1.29, 1.82) is 0 Å². The Morgan fingerprint density at radius 2 is 2.21 bits per heavy atom. The maximum absolute atomic E-state index is 13.2. The van der Waals surface area contributed by atoms with E-state index in [-0.39, 0.29) is 21.6 Å². The predicted molar refractivity (Wildman–Crippen MR) is 68.9 cm³/mol. The minimum atomic E-state index is -3.87. The zero-order valence-electron chi connectivity index (χ0n) is 9.39. The second-order valence-corrected chi connectivity index (χ2v) is 6.15. The molecule has 1 heterocycles. The van der Waals surface area contributed by atoms with Gasteiger partial charge in [0.15, 0.2) is 0 Å². The third kappa shape index (κ3) is 3.08. The maximum atomic E-state index is 13.2. The summed E-state index contributed by atoms with van der Waals surface area (Å²) in [5, 5.41) is 6.09. The molecule has 1 aromatic heterocycles. The van der Waals surface area contributed by atoms with Gasteiger partial charge in [-0.1, -0.05) is 0 Å². The van der Waals surface area contributed by atoms with Gasteiger partial charge in [0.1, 0.15) is 22.9 Å². The standard InChI is InChI=1S/C9H9BrFN5O2S/c10-5-1-8(7(12)2-6(5)11)19(17,18)15-3-9-13-4-14-16-9/h1-2,4,15H,3,12H2,(H,13,14,16). The number of halogens is 2. The molecule has 19 heavy (non-hydrogen) atoms. The lowest BCUT2D eigenvalue weighted by Gasteiger charge is -2.09. The molecular weight excluding hydrogens is 341 g/mol. The molecule has 10 heteroatoms. The first kappa shape index (κ1) is 13.9. The smallest absolute Gasteiger partial charge is 0.243 e. The molecule has 0 saturated heterocycles. The van der Waals surface area contributed by atoms with Gasteiger partial charge in [-0.05, 0) is 28.1 Å². The van der Waals surface area contributed by atoms with E-state index in [1.54, 1.807) is 0 Å². The molecule has 0 spiro atoms. The summed E-state index contributed by atoms with van der Waals surface area (Å²) >= 11 is 2.91. The minimum Gasteiger partial charge on any atom is -0.398 e. The van der Waals surface area contributed by atoms with Crippen LogP contribution in [0, 0.1) is 5.82 Å². The van der Waals surface area contributed by atoms with Gasteiger partial charge in [-0.25, -0.2) is 22.5 Å². The number of rotatable bonds is 4. The van der Waals surface area contributed by atoms with Gasteiger partial charge in [0.05, 0.1) is 16.7 Å². The lowest BCUT2D eigenvalue weighted by atomic mass is 10.3. The topological polar surface area (TPSA) is 114 Å². The molecule has 0 aliphatic carbocycles. The van der Waals surface area contributed by atoms with Crippen molar-refractivity contribution in [3.63, 3.8) is 0 Å². The molecule has 2 rings (SSSR count). The molecule has 7 nitrogen and oxygen atoms in total. The molecule has 0 unspecified atom stereocenters. The Hall–Kier alpha value is -1.52. The molecule has 0 saturated carbocycles. The van der Waals surface area contributed by atoms with E-state index in [1.165, 1.54) is 6.33 Å². The van der Waals surface area contributed by atoms with E-state index in [1.807, 2.05) is 0 Å². The van der Waals surface area contributed by atoms with Crippen LogP contribution < -0.4 is 10.5 Å². The van der Waals surface area contributed by atoms with Gasteiger partial charge in [-0.2, -0.15) is 5.10 Å². The summed E-state index contributed by atoms with van der Waals surface area (Å²) in [6.45, 7) is -0.0726. The number of aromatic nitrogens is 3. The largest absolute Gasteiger partial charge is 0.398 e. The summed E-state index contributed by atoms with van der Waals surface area (Å²) in [6, 6.07) is 2.04. The molecule has 0 amide bonds. The fraction of sp³-hybridized carbons (Fsp3) is 0.111. The molecule has 0 fully saturated rings. The molecule has 0 aliphatic heterocycles. The number of sulfonamides is 1. The molecule has 0 atom stereocenters. The van der Waals surface area contributed by atoms with Gasteiger partial charge in [0, 0.05) is 0 Å². The minimum absolute atomic E-state index is 0.0155. The lowest BCUT2D eigenvalue weighted by molar-refractivity contribution is 0.578. The Balaban J connectivity index is 2.27. The fourth-order valence-electron chi connectivity index (χ4n) is 1.33. The first-order valence-corrected chi connectivity index (χ1v) is 7.26. The third-order valence-corrected chi connectivity index (χ3v) is 4.30. The number of H-pyrrole nitrogens is 1. The Bertz CT molecular complexity index is 689. The molecule has 0 bridgehead atoms. The zero-order chi connectivity index (χ0) is 14.0. The number of hydrogen-bond donors (Lipinski definition) is 3. The second kappa shape index (κ2) is 5.23. The van der Waals surface area contributed by atoms with Gasteiger partial charge in [-0.3, -0.25) is 5.10 Å². The Morgan fingerprint density at radius 1 is 1.47 bits per heavy atom. The van der Waals surface area contributed by atoms with E-state index in [4.69, 9.17) is 5.73 Å².